The second-order valence-corrected chi connectivity index (χ2v) is 5.43. The lowest BCUT2D eigenvalue weighted by molar-refractivity contribution is 0.553. The SMILES string of the molecule is NNC(c1ccc(Cl)cn1)c1ccc(Br)c(Cl)c1F. The molecule has 0 aliphatic carbocycles. The first-order valence-corrected chi connectivity index (χ1v) is 6.80. The fraction of sp³-hybridized carbons (Fsp3) is 0.0833. The Balaban J connectivity index is 2.48. The number of halogens is 4. The van der Waals surface area contributed by atoms with Gasteiger partial charge in [0.1, 0.15) is 5.82 Å². The van der Waals surface area contributed by atoms with E-state index in [1.807, 2.05) is 0 Å². The molecule has 0 aliphatic heterocycles. The summed E-state index contributed by atoms with van der Waals surface area (Å²) in [6.07, 6.45) is 1.47. The van der Waals surface area contributed by atoms with Crippen molar-refractivity contribution in [3.8, 4) is 0 Å². The summed E-state index contributed by atoms with van der Waals surface area (Å²) in [4.78, 5) is 4.12. The van der Waals surface area contributed by atoms with Crippen molar-refractivity contribution in [2.75, 3.05) is 0 Å². The van der Waals surface area contributed by atoms with E-state index in [9.17, 15) is 4.39 Å². The van der Waals surface area contributed by atoms with Gasteiger partial charge in [0.2, 0.25) is 0 Å². The van der Waals surface area contributed by atoms with E-state index < -0.39 is 11.9 Å². The van der Waals surface area contributed by atoms with Crippen LogP contribution in [0.5, 0.6) is 0 Å². The van der Waals surface area contributed by atoms with Gasteiger partial charge < -0.3 is 0 Å². The van der Waals surface area contributed by atoms with Crippen molar-refractivity contribution in [2.24, 2.45) is 5.84 Å². The molecule has 1 aromatic carbocycles. The summed E-state index contributed by atoms with van der Waals surface area (Å²) in [5.41, 5.74) is 3.38. The Kier molecular flexibility index (Phi) is 4.76. The summed E-state index contributed by atoms with van der Waals surface area (Å²) in [5, 5.41) is 0.501. The van der Waals surface area contributed by atoms with Crippen molar-refractivity contribution < 1.29 is 4.39 Å². The molecule has 2 rings (SSSR count). The second kappa shape index (κ2) is 6.15. The Morgan fingerprint density at radius 3 is 2.58 bits per heavy atom. The van der Waals surface area contributed by atoms with Gasteiger partial charge in [-0.05, 0) is 34.1 Å². The van der Waals surface area contributed by atoms with Crippen LogP contribution in [0.25, 0.3) is 0 Å². The molecule has 1 unspecified atom stereocenters. The first-order chi connectivity index (χ1) is 9.04. The maximum Gasteiger partial charge on any atom is 0.148 e. The molecule has 0 fully saturated rings. The number of nitrogens with one attached hydrogen (secondary N) is 1. The van der Waals surface area contributed by atoms with E-state index in [1.54, 1.807) is 24.3 Å². The minimum absolute atomic E-state index is 0.00622. The van der Waals surface area contributed by atoms with Crippen LogP contribution in [0.1, 0.15) is 17.3 Å². The van der Waals surface area contributed by atoms with Crippen LogP contribution in [0.15, 0.2) is 34.9 Å². The summed E-state index contributed by atoms with van der Waals surface area (Å²) >= 11 is 14.8. The molecule has 0 saturated carbocycles. The highest BCUT2D eigenvalue weighted by atomic mass is 79.9. The molecular formula is C12H9BrCl2FN3. The molecule has 3 N–H and O–H groups in total. The van der Waals surface area contributed by atoms with Gasteiger partial charge in [0.15, 0.2) is 0 Å². The molecule has 7 heteroatoms. The van der Waals surface area contributed by atoms with E-state index in [1.165, 1.54) is 6.20 Å². The quantitative estimate of drug-likeness (QED) is 0.494. The molecule has 0 bridgehead atoms. The molecule has 3 nitrogen and oxygen atoms in total. The average Bonchev–Trinajstić information content (AvgIpc) is 2.41. The highest BCUT2D eigenvalue weighted by molar-refractivity contribution is 9.10. The monoisotopic (exact) mass is 363 g/mol. The zero-order valence-electron chi connectivity index (χ0n) is 9.50. The van der Waals surface area contributed by atoms with E-state index in [4.69, 9.17) is 29.0 Å². The van der Waals surface area contributed by atoms with Crippen molar-refractivity contribution >= 4 is 39.1 Å². The van der Waals surface area contributed by atoms with Crippen LogP contribution in [-0.2, 0) is 0 Å². The number of rotatable bonds is 3. The third kappa shape index (κ3) is 3.07. The largest absolute Gasteiger partial charge is 0.271 e. The molecule has 1 atom stereocenters. The molecule has 0 amide bonds. The van der Waals surface area contributed by atoms with E-state index in [-0.39, 0.29) is 5.02 Å². The van der Waals surface area contributed by atoms with Gasteiger partial charge in [-0.15, -0.1) is 0 Å². The van der Waals surface area contributed by atoms with Gasteiger partial charge in [-0.2, -0.15) is 0 Å². The minimum Gasteiger partial charge on any atom is -0.271 e. The number of hydrogen-bond donors (Lipinski definition) is 2. The fourth-order valence-corrected chi connectivity index (χ4v) is 2.25. The summed E-state index contributed by atoms with van der Waals surface area (Å²) in [6.45, 7) is 0. The molecule has 0 radical (unpaired) electrons. The van der Waals surface area contributed by atoms with E-state index in [0.717, 1.165) is 0 Å². The van der Waals surface area contributed by atoms with Crippen molar-refractivity contribution in [2.45, 2.75) is 6.04 Å². The lowest BCUT2D eigenvalue weighted by Crippen LogP contribution is -2.30. The number of hydrogen-bond acceptors (Lipinski definition) is 3. The van der Waals surface area contributed by atoms with Crippen LogP contribution in [0, 0.1) is 5.82 Å². The third-order valence-corrected chi connectivity index (χ3v) is 4.07. The van der Waals surface area contributed by atoms with E-state index in [0.29, 0.717) is 20.8 Å². The smallest absolute Gasteiger partial charge is 0.148 e. The predicted octanol–water partition coefficient (Wildman–Crippen LogP) is 3.84. The van der Waals surface area contributed by atoms with Crippen LogP contribution >= 0.6 is 39.1 Å². The zero-order valence-corrected chi connectivity index (χ0v) is 12.6. The van der Waals surface area contributed by atoms with Crippen LogP contribution in [0.3, 0.4) is 0 Å². The van der Waals surface area contributed by atoms with Gasteiger partial charge in [-0.25, -0.2) is 9.82 Å². The lowest BCUT2D eigenvalue weighted by Gasteiger charge is -2.17. The van der Waals surface area contributed by atoms with Gasteiger partial charge in [-0.1, -0.05) is 29.3 Å². The molecule has 0 aliphatic rings. The molecule has 0 saturated heterocycles. The zero-order chi connectivity index (χ0) is 14.0. The lowest BCUT2D eigenvalue weighted by atomic mass is 10.0. The molecule has 19 heavy (non-hydrogen) atoms. The summed E-state index contributed by atoms with van der Waals surface area (Å²) in [7, 11) is 0. The topological polar surface area (TPSA) is 50.9 Å². The van der Waals surface area contributed by atoms with Crippen LogP contribution in [0.2, 0.25) is 10.0 Å². The normalized spacial score (nSPS) is 12.5. The summed E-state index contributed by atoms with van der Waals surface area (Å²) in [6, 6.07) is 5.96. The van der Waals surface area contributed by atoms with Crippen LogP contribution in [-0.4, -0.2) is 4.98 Å². The predicted molar refractivity (Wildman–Crippen MR) is 77.5 cm³/mol. The van der Waals surface area contributed by atoms with Crippen molar-refractivity contribution in [1.82, 2.24) is 10.4 Å². The Morgan fingerprint density at radius 1 is 1.26 bits per heavy atom. The third-order valence-electron chi connectivity index (χ3n) is 2.59. The molecular weight excluding hydrogens is 356 g/mol. The molecule has 1 aromatic heterocycles. The summed E-state index contributed by atoms with van der Waals surface area (Å²) in [5.74, 6) is 4.94. The second-order valence-electron chi connectivity index (χ2n) is 3.77. The number of nitrogens with zero attached hydrogens (tertiary/aromatic N) is 1. The minimum atomic E-state index is -0.608. The van der Waals surface area contributed by atoms with Gasteiger partial charge >= 0.3 is 0 Å². The fourth-order valence-electron chi connectivity index (χ4n) is 1.66. The number of nitrogens with two attached hydrogens (primary N) is 1. The van der Waals surface area contributed by atoms with Crippen LogP contribution < -0.4 is 11.3 Å². The van der Waals surface area contributed by atoms with Gasteiger partial charge in [-0.3, -0.25) is 10.8 Å². The van der Waals surface area contributed by atoms with Gasteiger partial charge in [0.05, 0.1) is 21.8 Å². The van der Waals surface area contributed by atoms with Crippen LogP contribution in [0.4, 0.5) is 4.39 Å². The van der Waals surface area contributed by atoms with E-state index >= 15 is 0 Å². The molecule has 0 spiro atoms. The maximum atomic E-state index is 14.2. The first kappa shape index (κ1) is 14.7. The Labute approximate surface area is 128 Å². The molecule has 100 valence electrons. The number of pyridine rings is 1. The maximum absolute atomic E-state index is 14.2. The highest BCUT2D eigenvalue weighted by Gasteiger charge is 2.20. The Morgan fingerprint density at radius 2 is 2.00 bits per heavy atom. The number of benzene rings is 1. The Hall–Kier alpha value is -0.720. The molecule has 1 heterocycles. The van der Waals surface area contributed by atoms with E-state index in [2.05, 4.69) is 26.3 Å². The van der Waals surface area contributed by atoms with Crippen molar-refractivity contribution in [3.63, 3.8) is 0 Å². The number of hydrazine groups is 1. The molecule has 2 aromatic rings. The first-order valence-electron chi connectivity index (χ1n) is 5.25. The highest BCUT2D eigenvalue weighted by Crippen LogP contribution is 2.32. The number of aromatic nitrogens is 1. The average molecular weight is 365 g/mol. The van der Waals surface area contributed by atoms with Crippen molar-refractivity contribution in [1.29, 1.82) is 0 Å². The van der Waals surface area contributed by atoms with Crippen molar-refractivity contribution in [3.05, 3.63) is 62.1 Å². The van der Waals surface area contributed by atoms with Gasteiger partial charge in [0.25, 0.3) is 0 Å². The standard InChI is InChI=1S/C12H9BrCl2FN3/c13-8-3-2-7(11(16)10(8)15)12(19-17)9-4-1-6(14)5-18-9/h1-5,12,19H,17H2. The Bertz CT molecular complexity index is 592. The summed E-state index contributed by atoms with van der Waals surface area (Å²) < 4.78 is 14.6. The van der Waals surface area contributed by atoms with Gasteiger partial charge in [0, 0.05) is 16.2 Å².